The van der Waals surface area contributed by atoms with Gasteiger partial charge >= 0.3 is 0 Å². The van der Waals surface area contributed by atoms with Crippen molar-refractivity contribution in [3.05, 3.63) is 24.0 Å². The summed E-state index contributed by atoms with van der Waals surface area (Å²) in [5.41, 5.74) is 2.40. The molecule has 0 radical (unpaired) electrons. The van der Waals surface area contributed by atoms with Gasteiger partial charge in [0.1, 0.15) is 0 Å². The van der Waals surface area contributed by atoms with Crippen LogP contribution in [0.15, 0.2) is 18.3 Å². The molecule has 1 aromatic rings. The van der Waals surface area contributed by atoms with Crippen molar-refractivity contribution in [1.29, 1.82) is 0 Å². The van der Waals surface area contributed by atoms with E-state index in [0.717, 1.165) is 18.7 Å². The van der Waals surface area contributed by atoms with Gasteiger partial charge in [-0.1, -0.05) is 32.6 Å². The summed E-state index contributed by atoms with van der Waals surface area (Å²) in [6, 6.07) is 5.44. The second-order valence-electron chi connectivity index (χ2n) is 6.37. The highest BCUT2D eigenvalue weighted by atomic mass is 15.1. The van der Waals surface area contributed by atoms with E-state index < -0.39 is 0 Å². The van der Waals surface area contributed by atoms with E-state index in [1.807, 2.05) is 6.20 Å². The predicted octanol–water partition coefficient (Wildman–Crippen LogP) is 4.30. The van der Waals surface area contributed by atoms with Crippen LogP contribution in [-0.2, 0) is 0 Å². The van der Waals surface area contributed by atoms with Crippen LogP contribution >= 0.6 is 0 Å². The Morgan fingerprint density at radius 1 is 1.24 bits per heavy atom. The number of nitrogens with zero attached hydrogens (tertiary/aromatic N) is 2. The summed E-state index contributed by atoms with van der Waals surface area (Å²) in [5, 5.41) is 3.49. The smallest absolute Gasteiger partial charge is 0.0572 e. The Bertz CT molecular complexity index is 393. The maximum Gasteiger partial charge on any atom is 0.0572 e. The van der Waals surface area contributed by atoms with Crippen LogP contribution in [0.25, 0.3) is 0 Å². The largest absolute Gasteiger partial charge is 0.370 e. The molecule has 1 heterocycles. The highest BCUT2D eigenvalue weighted by molar-refractivity contribution is 5.45. The topological polar surface area (TPSA) is 28.2 Å². The zero-order chi connectivity index (χ0) is 15.1. The van der Waals surface area contributed by atoms with Crippen LogP contribution in [0.4, 0.5) is 5.69 Å². The lowest BCUT2D eigenvalue weighted by atomic mass is 10.1. The van der Waals surface area contributed by atoms with E-state index in [1.165, 1.54) is 44.2 Å². The first-order valence-corrected chi connectivity index (χ1v) is 8.64. The second-order valence-corrected chi connectivity index (χ2v) is 6.37. The Hall–Kier alpha value is -1.09. The molecule has 0 aliphatic heterocycles. The molecule has 1 fully saturated rings. The molecule has 1 aliphatic carbocycles. The summed E-state index contributed by atoms with van der Waals surface area (Å²) in [6.07, 6.45) is 11.4. The Morgan fingerprint density at radius 3 is 2.52 bits per heavy atom. The van der Waals surface area contributed by atoms with Gasteiger partial charge in [0.15, 0.2) is 0 Å². The molecule has 21 heavy (non-hydrogen) atoms. The monoisotopic (exact) mass is 289 g/mol. The third kappa shape index (κ3) is 4.70. The van der Waals surface area contributed by atoms with Crippen molar-refractivity contribution in [2.45, 2.75) is 70.9 Å². The first-order chi connectivity index (χ1) is 10.2. The van der Waals surface area contributed by atoms with Crippen LogP contribution in [0.5, 0.6) is 0 Å². The molecule has 1 N–H and O–H groups in total. The van der Waals surface area contributed by atoms with Crippen LogP contribution in [0.3, 0.4) is 0 Å². The fourth-order valence-corrected chi connectivity index (χ4v) is 3.18. The third-order valence-electron chi connectivity index (χ3n) is 4.69. The summed E-state index contributed by atoms with van der Waals surface area (Å²) in [5.74, 6) is 0. The zero-order valence-electron chi connectivity index (χ0n) is 13.9. The fourth-order valence-electron chi connectivity index (χ4n) is 3.18. The first kappa shape index (κ1) is 16.3. The van der Waals surface area contributed by atoms with Crippen molar-refractivity contribution in [3.63, 3.8) is 0 Å². The van der Waals surface area contributed by atoms with Crippen molar-refractivity contribution >= 4 is 5.69 Å². The number of rotatable bonds is 6. The maximum absolute atomic E-state index is 4.67. The molecule has 1 aliphatic rings. The molecule has 1 unspecified atom stereocenters. The minimum Gasteiger partial charge on any atom is -0.370 e. The van der Waals surface area contributed by atoms with Gasteiger partial charge in [0.05, 0.1) is 17.6 Å². The summed E-state index contributed by atoms with van der Waals surface area (Å²) < 4.78 is 0. The minimum absolute atomic E-state index is 0.335. The third-order valence-corrected chi connectivity index (χ3v) is 4.69. The Balaban J connectivity index is 1.97. The molecule has 0 amide bonds. The molecular formula is C18H31N3. The number of hydrogen-bond donors (Lipinski definition) is 1. The van der Waals surface area contributed by atoms with E-state index >= 15 is 0 Å². The predicted molar refractivity (Wildman–Crippen MR) is 90.8 cm³/mol. The Morgan fingerprint density at radius 2 is 1.95 bits per heavy atom. The molecule has 1 atom stereocenters. The van der Waals surface area contributed by atoms with E-state index in [-0.39, 0.29) is 0 Å². The average molecular weight is 289 g/mol. The van der Waals surface area contributed by atoms with Crippen LogP contribution < -0.4 is 10.2 Å². The van der Waals surface area contributed by atoms with Crippen molar-refractivity contribution in [3.8, 4) is 0 Å². The van der Waals surface area contributed by atoms with Gasteiger partial charge in [0.25, 0.3) is 0 Å². The summed E-state index contributed by atoms with van der Waals surface area (Å²) in [6.45, 7) is 5.43. The second kappa shape index (κ2) is 8.38. The van der Waals surface area contributed by atoms with Gasteiger partial charge in [-0.25, -0.2) is 0 Å². The maximum atomic E-state index is 4.67. The van der Waals surface area contributed by atoms with Gasteiger partial charge in [-0.15, -0.1) is 0 Å². The van der Waals surface area contributed by atoms with E-state index in [1.54, 1.807) is 0 Å². The zero-order valence-corrected chi connectivity index (χ0v) is 13.9. The molecule has 0 spiro atoms. The molecule has 0 saturated heterocycles. The molecule has 3 nitrogen and oxygen atoms in total. The summed E-state index contributed by atoms with van der Waals surface area (Å²) in [4.78, 5) is 7.10. The van der Waals surface area contributed by atoms with E-state index in [4.69, 9.17) is 0 Å². The molecule has 0 aromatic carbocycles. The molecule has 0 bridgehead atoms. The summed E-state index contributed by atoms with van der Waals surface area (Å²) in [7, 11) is 2.23. The minimum atomic E-state index is 0.335. The number of hydrogen-bond acceptors (Lipinski definition) is 3. The van der Waals surface area contributed by atoms with Gasteiger partial charge in [-0.2, -0.15) is 0 Å². The van der Waals surface area contributed by atoms with E-state index in [2.05, 4.69) is 48.2 Å². The van der Waals surface area contributed by atoms with Gasteiger partial charge in [0.2, 0.25) is 0 Å². The van der Waals surface area contributed by atoms with Gasteiger partial charge in [-0.05, 0) is 44.9 Å². The molecule has 3 heteroatoms. The standard InChI is InChI=1S/C18H31N3/c1-4-13-19-15(2)18-12-11-17(14-20-18)21(3)16-9-7-5-6-8-10-16/h11-12,14-16,19H,4-10,13H2,1-3H3. The fraction of sp³-hybridized carbons (Fsp3) is 0.722. The number of aromatic nitrogens is 1. The lowest BCUT2D eigenvalue weighted by Gasteiger charge is -2.29. The van der Waals surface area contributed by atoms with Gasteiger partial charge in [0, 0.05) is 19.1 Å². The molecule has 118 valence electrons. The average Bonchev–Trinajstić information content (AvgIpc) is 2.81. The van der Waals surface area contributed by atoms with Crippen LogP contribution in [-0.4, -0.2) is 24.6 Å². The number of nitrogens with one attached hydrogen (secondary N) is 1. The lowest BCUT2D eigenvalue weighted by molar-refractivity contribution is 0.548. The number of pyridine rings is 1. The van der Waals surface area contributed by atoms with Crippen LogP contribution in [0.2, 0.25) is 0 Å². The SMILES string of the molecule is CCCNC(C)c1ccc(N(C)C2CCCCCC2)cn1. The van der Waals surface area contributed by atoms with Gasteiger partial charge < -0.3 is 10.2 Å². The lowest BCUT2D eigenvalue weighted by Crippen LogP contribution is -2.31. The number of anilines is 1. The highest BCUT2D eigenvalue weighted by Gasteiger charge is 2.17. The highest BCUT2D eigenvalue weighted by Crippen LogP contribution is 2.25. The quantitative estimate of drug-likeness (QED) is 0.791. The normalized spacial score (nSPS) is 18.2. The molecule has 1 aromatic heterocycles. The van der Waals surface area contributed by atoms with E-state index in [0.29, 0.717) is 12.1 Å². The van der Waals surface area contributed by atoms with Crippen molar-refractivity contribution in [2.24, 2.45) is 0 Å². The van der Waals surface area contributed by atoms with Gasteiger partial charge in [-0.3, -0.25) is 4.98 Å². The van der Waals surface area contributed by atoms with Crippen LogP contribution in [0, 0.1) is 0 Å². The Labute approximate surface area is 130 Å². The van der Waals surface area contributed by atoms with Crippen molar-refractivity contribution in [1.82, 2.24) is 10.3 Å². The van der Waals surface area contributed by atoms with Crippen molar-refractivity contribution < 1.29 is 0 Å². The summed E-state index contributed by atoms with van der Waals surface area (Å²) >= 11 is 0. The first-order valence-electron chi connectivity index (χ1n) is 8.64. The Kier molecular flexibility index (Phi) is 6.50. The van der Waals surface area contributed by atoms with E-state index in [9.17, 15) is 0 Å². The van der Waals surface area contributed by atoms with Crippen molar-refractivity contribution in [2.75, 3.05) is 18.5 Å². The molecule has 1 saturated carbocycles. The molecular weight excluding hydrogens is 258 g/mol. The molecule has 2 rings (SSSR count). The van der Waals surface area contributed by atoms with Crippen LogP contribution in [0.1, 0.15) is 70.5 Å².